The molecule has 2 rings (SSSR count). The summed E-state index contributed by atoms with van der Waals surface area (Å²) in [5, 5.41) is 2.08. The minimum atomic E-state index is 0.193. The number of hydrogen-bond acceptors (Lipinski definition) is 3. The first-order chi connectivity index (χ1) is 10.2. The average molecular weight is 302 g/mol. The van der Waals surface area contributed by atoms with E-state index in [1.54, 1.807) is 11.3 Å². The second-order valence-electron chi connectivity index (χ2n) is 5.07. The normalized spacial score (nSPS) is 10.5. The van der Waals surface area contributed by atoms with Crippen LogP contribution in [0.15, 0.2) is 41.8 Å². The van der Waals surface area contributed by atoms with Crippen molar-refractivity contribution in [1.82, 2.24) is 0 Å². The SMILES string of the molecule is CCCN(C(=O)CCCc1cccs1)c1ccc(N)cc1. The maximum atomic E-state index is 12.4. The van der Waals surface area contributed by atoms with E-state index in [2.05, 4.69) is 24.4 Å². The van der Waals surface area contributed by atoms with Crippen LogP contribution >= 0.6 is 11.3 Å². The number of nitrogens with two attached hydrogens (primary N) is 1. The molecule has 3 nitrogen and oxygen atoms in total. The monoisotopic (exact) mass is 302 g/mol. The molecule has 21 heavy (non-hydrogen) atoms. The predicted octanol–water partition coefficient (Wildman–Crippen LogP) is 4.10. The van der Waals surface area contributed by atoms with E-state index in [1.807, 2.05) is 29.2 Å². The second-order valence-corrected chi connectivity index (χ2v) is 6.10. The van der Waals surface area contributed by atoms with Gasteiger partial charge in [-0.1, -0.05) is 13.0 Å². The van der Waals surface area contributed by atoms with Gasteiger partial charge in [-0.2, -0.15) is 0 Å². The molecule has 1 aromatic carbocycles. The van der Waals surface area contributed by atoms with Crippen molar-refractivity contribution >= 4 is 28.6 Å². The van der Waals surface area contributed by atoms with Crippen molar-refractivity contribution in [3.63, 3.8) is 0 Å². The summed E-state index contributed by atoms with van der Waals surface area (Å²) in [4.78, 5) is 15.7. The van der Waals surface area contributed by atoms with Gasteiger partial charge in [-0.25, -0.2) is 0 Å². The molecule has 1 amide bonds. The Morgan fingerprint density at radius 2 is 2.00 bits per heavy atom. The van der Waals surface area contributed by atoms with Crippen LogP contribution in [0.5, 0.6) is 0 Å². The summed E-state index contributed by atoms with van der Waals surface area (Å²) < 4.78 is 0. The van der Waals surface area contributed by atoms with E-state index in [0.717, 1.165) is 37.2 Å². The molecular formula is C17H22N2OS. The van der Waals surface area contributed by atoms with E-state index >= 15 is 0 Å². The standard InChI is InChI=1S/C17H22N2OS/c1-2-12-19(15-10-8-14(18)9-11-15)17(20)7-3-5-16-6-4-13-21-16/h4,6,8-11,13H,2-3,5,7,12,18H2,1H3. The third-order valence-corrected chi connectivity index (χ3v) is 4.28. The fourth-order valence-electron chi connectivity index (χ4n) is 2.28. The number of amides is 1. The maximum absolute atomic E-state index is 12.4. The van der Waals surface area contributed by atoms with Crippen LogP contribution in [0.2, 0.25) is 0 Å². The first-order valence-corrected chi connectivity index (χ1v) is 8.27. The van der Waals surface area contributed by atoms with Crippen LogP contribution in [-0.2, 0) is 11.2 Å². The van der Waals surface area contributed by atoms with Gasteiger partial charge in [0, 0.05) is 29.2 Å². The number of aryl methyl sites for hydroxylation is 1. The Morgan fingerprint density at radius 1 is 1.24 bits per heavy atom. The fraction of sp³-hybridized carbons (Fsp3) is 0.353. The van der Waals surface area contributed by atoms with Crippen LogP contribution in [0.25, 0.3) is 0 Å². The van der Waals surface area contributed by atoms with Crippen molar-refractivity contribution in [1.29, 1.82) is 0 Å². The molecule has 2 N–H and O–H groups in total. The number of carbonyl (C=O) groups excluding carboxylic acids is 1. The number of rotatable bonds is 7. The van der Waals surface area contributed by atoms with Gasteiger partial charge in [0.1, 0.15) is 0 Å². The molecule has 0 atom stereocenters. The van der Waals surface area contributed by atoms with Gasteiger partial charge in [0.2, 0.25) is 5.91 Å². The highest BCUT2D eigenvalue weighted by molar-refractivity contribution is 7.09. The summed E-state index contributed by atoms with van der Waals surface area (Å²) in [6.07, 6.45) is 3.41. The first kappa shape index (κ1) is 15.6. The zero-order valence-corrected chi connectivity index (χ0v) is 13.2. The van der Waals surface area contributed by atoms with Gasteiger partial charge in [-0.05, 0) is 55.0 Å². The Balaban J connectivity index is 1.93. The van der Waals surface area contributed by atoms with Crippen LogP contribution in [-0.4, -0.2) is 12.5 Å². The summed E-state index contributed by atoms with van der Waals surface area (Å²) in [7, 11) is 0. The quantitative estimate of drug-likeness (QED) is 0.783. The van der Waals surface area contributed by atoms with E-state index in [-0.39, 0.29) is 5.91 Å². The van der Waals surface area contributed by atoms with Crippen LogP contribution in [0.1, 0.15) is 31.1 Å². The van der Waals surface area contributed by atoms with E-state index in [4.69, 9.17) is 5.73 Å². The molecule has 0 radical (unpaired) electrons. The number of anilines is 2. The lowest BCUT2D eigenvalue weighted by Gasteiger charge is -2.22. The lowest BCUT2D eigenvalue weighted by molar-refractivity contribution is -0.118. The third kappa shape index (κ3) is 4.60. The number of hydrogen-bond donors (Lipinski definition) is 1. The Kier molecular flexibility index (Phi) is 5.81. The van der Waals surface area contributed by atoms with Crippen molar-refractivity contribution in [3.8, 4) is 0 Å². The molecule has 1 heterocycles. The highest BCUT2D eigenvalue weighted by Crippen LogP contribution is 2.19. The number of carbonyl (C=O) groups is 1. The first-order valence-electron chi connectivity index (χ1n) is 7.39. The lowest BCUT2D eigenvalue weighted by atomic mass is 10.1. The second kappa shape index (κ2) is 7.84. The Labute approximate surface area is 130 Å². The predicted molar refractivity (Wildman–Crippen MR) is 90.8 cm³/mol. The lowest BCUT2D eigenvalue weighted by Crippen LogP contribution is -2.31. The minimum absolute atomic E-state index is 0.193. The van der Waals surface area contributed by atoms with Crippen LogP contribution in [0.4, 0.5) is 11.4 Å². The van der Waals surface area contributed by atoms with E-state index in [0.29, 0.717) is 6.42 Å². The summed E-state index contributed by atoms with van der Waals surface area (Å²) in [5.41, 5.74) is 7.37. The molecule has 0 aliphatic carbocycles. The van der Waals surface area contributed by atoms with Crippen LogP contribution < -0.4 is 10.6 Å². The number of nitrogen functional groups attached to an aromatic ring is 1. The molecule has 0 aliphatic rings. The van der Waals surface area contributed by atoms with Gasteiger partial charge in [-0.15, -0.1) is 11.3 Å². The summed E-state index contributed by atoms with van der Waals surface area (Å²) >= 11 is 1.75. The highest BCUT2D eigenvalue weighted by atomic mass is 32.1. The molecule has 112 valence electrons. The van der Waals surface area contributed by atoms with Gasteiger partial charge in [0.25, 0.3) is 0 Å². The van der Waals surface area contributed by atoms with Crippen molar-refractivity contribution in [2.45, 2.75) is 32.6 Å². The number of benzene rings is 1. The summed E-state index contributed by atoms with van der Waals surface area (Å²) in [6, 6.07) is 11.7. The van der Waals surface area contributed by atoms with Crippen molar-refractivity contribution in [3.05, 3.63) is 46.7 Å². The highest BCUT2D eigenvalue weighted by Gasteiger charge is 2.14. The van der Waals surface area contributed by atoms with Gasteiger partial charge in [0.15, 0.2) is 0 Å². The molecule has 4 heteroatoms. The molecule has 0 saturated heterocycles. The molecule has 0 spiro atoms. The smallest absolute Gasteiger partial charge is 0.226 e. The van der Waals surface area contributed by atoms with Gasteiger partial charge < -0.3 is 10.6 Å². The largest absolute Gasteiger partial charge is 0.399 e. The van der Waals surface area contributed by atoms with Gasteiger partial charge in [-0.3, -0.25) is 4.79 Å². The molecule has 0 unspecified atom stereocenters. The van der Waals surface area contributed by atoms with E-state index < -0.39 is 0 Å². The Hall–Kier alpha value is -1.81. The van der Waals surface area contributed by atoms with Crippen molar-refractivity contribution in [2.24, 2.45) is 0 Å². The zero-order valence-electron chi connectivity index (χ0n) is 12.4. The summed E-state index contributed by atoms with van der Waals surface area (Å²) in [6.45, 7) is 2.84. The molecule has 0 bridgehead atoms. The molecule has 0 aliphatic heterocycles. The molecule has 0 saturated carbocycles. The fourth-order valence-corrected chi connectivity index (χ4v) is 3.03. The number of nitrogens with zero attached hydrogens (tertiary/aromatic N) is 1. The molecular weight excluding hydrogens is 280 g/mol. The zero-order chi connectivity index (χ0) is 15.1. The third-order valence-electron chi connectivity index (χ3n) is 3.35. The Bertz CT molecular complexity index is 549. The molecule has 2 aromatic rings. The van der Waals surface area contributed by atoms with Crippen LogP contribution in [0.3, 0.4) is 0 Å². The van der Waals surface area contributed by atoms with Gasteiger partial charge in [0.05, 0.1) is 0 Å². The van der Waals surface area contributed by atoms with Crippen molar-refractivity contribution < 1.29 is 4.79 Å². The van der Waals surface area contributed by atoms with E-state index in [1.165, 1.54) is 4.88 Å². The summed E-state index contributed by atoms with van der Waals surface area (Å²) in [5.74, 6) is 0.193. The number of thiophene rings is 1. The Morgan fingerprint density at radius 3 is 2.62 bits per heavy atom. The van der Waals surface area contributed by atoms with Gasteiger partial charge >= 0.3 is 0 Å². The van der Waals surface area contributed by atoms with Crippen LogP contribution in [0, 0.1) is 0 Å². The maximum Gasteiger partial charge on any atom is 0.226 e. The van der Waals surface area contributed by atoms with E-state index in [9.17, 15) is 4.79 Å². The topological polar surface area (TPSA) is 46.3 Å². The molecule has 1 aromatic heterocycles. The van der Waals surface area contributed by atoms with Crippen molar-refractivity contribution in [2.75, 3.05) is 17.2 Å². The average Bonchev–Trinajstić information content (AvgIpc) is 2.99. The minimum Gasteiger partial charge on any atom is -0.399 e. The molecule has 0 fully saturated rings.